The number of amides is 2. The number of pyridine rings is 1. The summed E-state index contributed by atoms with van der Waals surface area (Å²) in [6, 6.07) is 2.84. The number of hydrogen-bond acceptors (Lipinski definition) is 8. The van der Waals surface area contributed by atoms with E-state index in [0.29, 0.717) is 23.6 Å². The minimum atomic E-state index is -4.40. The number of aromatic nitrogens is 4. The summed E-state index contributed by atoms with van der Waals surface area (Å²) < 4.78 is 44.5. The molecule has 1 aliphatic heterocycles. The summed E-state index contributed by atoms with van der Waals surface area (Å²) in [6.07, 6.45) is -0.345. The lowest BCUT2D eigenvalue weighted by atomic mass is 9.81. The third kappa shape index (κ3) is 6.27. The zero-order valence-electron chi connectivity index (χ0n) is 23.0. The first kappa shape index (κ1) is 29.1. The highest BCUT2D eigenvalue weighted by Crippen LogP contribution is 2.41. The fraction of sp³-hybridized carbons (Fsp3) is 0.500. The Hall–Kier alpha value is -3.94. The van der Waals surface area contributed by atoms with Crippen molar-refractivity contribution in [2.45, 2.75) is 33.9 Å². The molecule has 0 aliphatic carbocycles. The van der Waals surface area contributed by atoms with Crippen LogP contribution in [0.25, 0.3) is 11.5 Å². The van der Waals surface area contributed by atoms with Crippen molar-refractivity contribution in [3.63, 3.8) is 0 Å². The lowest BCUT2D eigenvalue weighted by Gasteiger charge is -2.28. The second-order valence-corrected chi connectivity index (χ2v) is 10.3. The van der Waals surface area contributed by atoms with Crippen LogP contribution in [0.1, 0.15) is 38.2 Å². The fourth-order valence-electron chi connectivity index (χ4n) is 4.63. The van der Waals surface area contributed by atoms with Gasteiger partial charge in [0, 0.05) is 43.2 Å². The normalized spacial score (nSPS) is 17.1. The lowest BCUT2D eigenvalue weighted by Crippen LogP contribution is -2.37. The van der Waals surface area contributed by atoms with E-state index in [9.17, 15) is 22.8 Å². The smallest absolute Gasteiger partial charge is 0.405 e. The van der Waals surface area contributed by atoms with Gasteiger partial charge in [-0.2, -0.15) is 18.3 Å². The molecular weight excluding hydrogens is 529 g/mol. The predicted octanol–water partition coefficient (Wildman–Crippen LogP) is 4.03. The van der Waals surface area contributed by atoms with Crippen LogP contribution < -0.4 is 15.5 Å². The molecule has 1 unspecified atom stereocenters. The first-order chi connectivity index (χ1) is 18.8. The maximum Gasteiger partial charge on any atom is 0.405 e. The number of rotatable bonds is 10. The maximum absolute atomic E-state index is 13.4. The van der Waals surface area contributed by atoms with Gasteiger partial charge in [-0.15, -0.1) is 0 Å². The SMILES string of the molecule is CCN(CC)CC1CN(c2nn(C)cc2NC(=O)c2coc(-c3ccnc(NCC(F)(F)F)c3)n2)C(=O)C1(C)C. The van der Waals surface area contributed by atoms with E-state index >= 15 is 0 Å². The van der Waals surface area contributed by atoms with Gasteiger partial charge in [-0.3, -0.25) is 19.2 Å². The number of nitrogens with zero attached hydrogens (tertiary/aromatic N) is 6. The van der Waals surface area contributed by atoms with Gasteiger partial charge in [0.15, 0.2) is 11.5 Å². The van der Waals surface area contributed by atoms with Crippen molar-refractivity contribution < 1.29 is 27.2 Å². The van der Waals surface area contributed by atoms with Crippen molar-refractivity contribution in [3.8, 4) is 11.5 Å². The molecule has 1 atom stereocenters. The average Bonchev–Trinajstić information content (AvgIpc) is 3.59. The average molecular weight is 563 g/mol. The third-order valence-electron chi connectivity index (χ3n) is 7.12. The van der Waals surface area contributed by atoms with Gasteiger partial charge in [0.2, 0.25) is 11.8 Å². The molecule has 1 fully saturated rings. The number of halogens is 3. The van der Waals surface area contributed by atoms with Crippen LogP contribution in [0.4, 0.5) is 30.5 Å². The highest BCUT2D eigenvalue weighted by Gasteiger charge is 2.49. The van der Waals surface area contributed by atoms with Gasteiger partial charge < -0.3 is 20.0 Å². The summed E-state index contributed by atoms with van der Waals surface area (Å²) in [5.41, 5.74) is 0.0110. The molecule has 0 spiro atoms. The van der Waals surface area contributed by atoms with E-state index in [1.165, 1.54) is 23.0 Å². The van der Waals surface area contributed by atoms with Gasteiger partial charge >= 0.3 is 6.18 Å². The first-order valence-electron chi connectivity index (χ1n) is 12.9. The molecule has 216 valence electrons. The molecule has 14 heteroatoms. The lowest BCUT2D eigenvalue weighted by molar-refractivity contribution is -0.125. The van der Waals surface area contributed by atoms with E-state index in [1.54, 1.807) is 18.1 Å². The number of nitrogens with one attached hydrogen (secondary N) is 2. The molecule has 1 saturated heterocycles. The van der Waals surface area contributed by atoms with Gasteiger partial charge in [0.05, 0.1) is 6.20 Å². The van der Waals surface area contributed by atoms with Crippen molar-refractivity contribution in [2.75, 3.05) is 48.3 Å². The minimum Gasteiger partial charge on any atom is -0.444 e. The topological polar surface area (TPSA) is 121 Å². The second-order valence-electron chi connectivity index (χ2n) is 10.3. The maximum atomic E-state index is 13.4. The molecule has 11 nitrogen and oxygen atoms in total. The number of alkyl halides is 3. The molecule has 40 heavy (non-hydrogen) atoms. The van der Waals surface area contributed by atoms with E-state index in [1.807, 2.05) is 13.8 Å². The zero-order chi connectivity index (χ0) is 29.2. The molecule has 0 aromatic carbocycles. The molecule has 1 aliphatic rings. The van der Waals surface area contributed by atoms with Gasteiger partial charge in [-0.25, -0.2) is 9.97 Å². The number of hydrogen-bond donors (Lipinski definition) is 2. The Labute approximate surface area is 229 Å². The van der Waals surface area contributed by atoms with Crippen molar-refractivity contribution >= 4 is 29.1 Å². The zero-order valence-corrected chi connectivity index (χ0v) is 23.0. The van der Waals surface area contributed by atoms with Crippen LogP contribution in [0.15, 0.2) is 35.2 Å². The Balaban J connectivity index is 1.50. The van der Waals surface area contributed by atoms with Gasteiger partial charge in [-0.1, -0.05) is 27.7 Å². The molecule has 2 N–H and O–H groups in total. The van der Waals surface area contributed by atoms with Crippen LogP contribution in [0.5, 0.6) is 0 Å². The van der Waals surface area contributed by atoms with Crippen LogP contribution in [0.2, 0.25) is 0 Å². The highest BCUT2D eigenvalue weighted by molar-refractivity contribution is 6.07. The minimum absolute atomic E-state index is 0.0171. The van der Waals surface area contributed by atoms with Crippen LogP contribution in [-0.2, 0) is 11.8 Å². The van der Waals surface area contributed by atoms with Crippen molar-refractivity contribution in [3.05, 3.63) is 36.5 Å². The molecule has 2 amide bonds. The van der Waals surface area contributed by atoms with E-state index in [4.69, 9.17) is 4.42 Å². The van der Waals surface area contributed by atoms with Crippen molar-refractivity contribution in [1.82, 2.24) is 24.6 Å². The molecule has 0 radical (unpaired) electrons. The molecule has 3 aromatic rings. The Kier molecular flexibility index (Phi) is 8.19. The summed E-state index contributed by atoms with van der Waals surface area (Å²) in [5, 5.41) is 9.42. The Morgan fingerprint density at radius 2 is 2.00 bits per heavy atom. The quantitative estimate of drug-likeness (QED) is 0.380. The van der Waals surface area contributed by atoms with E-state index in [-0.39, 0.29) is 29.2 Å². The predicted molar refractivity (Wildman–Crippen MR) is 143 cm³/mol. The fourth-order valence-corrected chi connectivity index (χ4v) is 4.63. The van der Waals surface area contributed by atoms with Gasteiger partial charge in [0.25, 0.3) is 5.91 Å². The van der Waals surface area contributed by atoms with E-state index in [2.05, 4.69) is 44.4 Å². The number of anilines is 3. The van der Waals surface area contributed by atoms with Crippen molar-refractivity contribution in [1.29, 1.82) is 0 Å². The van der Waals surface area contributed by atoms with Gasteiger partial charge in [-0.05, 0) is 25.2 Å². The largest absolute Gasteiger partial charge is 0.444 e. The van der Waals surface area contributed by atoms with E-state index < -0.39 is 24.0 Å². The van der Waals surface area contributed by atoms with Crippen LogP contribution in [-0.4, -0.2) is 75.4 Å². The molecule has 4 heterocycles. The van der Waals surface area contributed by atoms with E-state index in [0.717, 1.165) is 25.9 Å². The molecular formula is C26H33F3N8O3. The molecule has 0 saturated carbocycles. The third-order valence-corrected chi connectivity index (χ3v) is 7.12. The molecule has 0 bridgehead atoms. The summed E-state index contributed by atoms with van der Waals surface area (Å²) in [6.45, 7) is 9.79. The summed E-state index contributed by atoms with van der Waals surface area (Å²) >= 11 is 0. The summed E-state index contributed by atoms with van der Waals surface area (Å²) in [5.74, 6) is -0.246. The van der Waals surface area contributed by atoms with Crippen LogP contribution in [0, 0.1) is 11.3 Å². The number of aryl methyl sites for hydroxylation is 1. The Bertz CT molecular complexity index is 1360. The Morgan fingerprint density at radius 1 is 1.27 bits per heavy atom. The monoisotopic (exact) mass is 562 g/mol. The molecule has 3 aromatic heterocycles. The van der Waals surface area contributed by atoms with Crippen LogP contribution in [0.3, 0.4) is 0 Å². The van der Waals surface area contributed by atoms with Gasteiger partial charge in [0.1, 0.15) is 24.3 Å². The highest BCUT2D eigenvalue weighted by atomic mass is 19.4. The Morgan fingerprint density at radius 3 is 2.67 bits per heavy atom. The summed E-state index contributed by atoms with van der Waals surface area (Å²) in [4.78, 5) is 38.5. The molecule has 4 rings (SSSR count). The number of carbonyl (C=O) groups is 2. The number of oxazole rings is 1. The summed E-state index contributed by atoms with van der Waals surface area (Å²) in [7, 11) is 1.69. The number of carbonyl (C=O) groups excluding carboxylic acids is 2. The second kappa shape index (κ2) is 11.3. The first-order valence-corrected chi connectivity index (χ1v) is 12.9. The standard InChI is InChI=1S/C26H33F3N8O3/c1-6-36(7-2)11-17-12-37(24(39)25(17,3)4)21-18(13-35(5)34-21)32-22(38)19-14-40-23(33-19)16-8-9-30-20(10-16)31-15-26(27,28)29/h8-10,13-14,17H,6-7,11-12,15H2,1-5H3,(H,30,31)(H,32,38). The van der Waals surface area contributed by atoms with Crippen LogP contribution >= 0.6 is 0 Å². The van der Waals surface area contributed by atoms with Crippen molar-refractivity contribution in [2.24, 2.45) is 18.4 Å².